The van der Waals surface area contributed by atoms with E-state index >= 15 is 0 Å². The van der Waals surface area contributed by atoms with Gasteiger partial charge in [0.05, 0.1) is 25.4 Å². The Kier molecular flexibility index (Phi) is 6.11. The van der Waals surface area contributed by atoms with E-state index in [-0.39, 0.29) is 30.9 Å². The average molecular weight is 380 g/mol. The lowest BCUT2D eigenvalue weighted by Gasteiger charge is -2.48. The molecule has 0 aliphatic carbocycles. The minimum atomic E-state index is -0.655. The number of benzene rings is 2. The molecule has 0 bridgehead atoms. The van der Waals surface area contributed by atoms with Crippen LogP contribution in [0.1, 0.15) is 30.0 Å². The van der Waals surface area contributed by atoms with Crippen LogP contribution >= 0.6 is 0 Å². The van der Waals surface area contributed by atoms with Crippen LogP contribution in [0.15, 0.2) is 61.2 Å². The summed E-state index contributed by atoms with van der Waals surface area (Å²) in [5.41, 5.74) is 2.18. The second-order valence-electron chi connectivity index (χ2n) is 6.59. The Balaban J connectivity index is 1.93. The fraction of sp³-hybridized carbons (Fsp3) is 0.273. The maximum atomic E-state index is 12.9. The van der Waals surface area contributed by atoms with Crippen LogP contribution in [0.2, 0.25) is 0 Å². The van der Waals surface area contributed by atoms with E-state index in [0.717, 1.165) is 5.56 Å². The molecule has 0 spiro atoms. The van der Waals surface area contributed by atoms with Gasteiger partial charge >= 0.3 is 0 Å². The first kappa shape index (κ1) is 19.6. The monoisotopic (exact) mass is 380 g/mol. The zero-order chi connectivity index (χ0) is 20.1. The number of rotatable bonds is 8. The first-order valence-electron chi connectivity index (χ1n) is 9.16. The standard InChI is InChI=1S/C22H24N2O4/c1-3-4-9-19(26)23-20-21(15-10-12-17(28-2)13-11-15)24(22(20)27)18-8-6-5-7-16(18)14-25/h3,5-8,10-13,20-21,25H,1,4,9,14H2,2H3,(H,23,26)/t20-,21-/m0/s1. The number of para-hydroxylation sites is 1. The SMILES string of the molecule is C=CCCC(=O)N[C@@H]1C(=O)N(c2ccccc2CO)[C@H]1c1ccc(OC)cc1. The molecule has 1 aliphatic heterocycles. The van der Waals surface area contributed by atoms with Gasteiger partial charge in [-0.2, -0.15) is 0 Å². The molecular formula is C22H24N2O4. The van der Waals surface area contributed by atoms with Crippen molar-refractivity contribution in [3.8, 4) is 5.75 Å². The summed E-state index contributed by atoms with van der Waals surface area (Å²) >= 11 is 0. The average Bonchev–Trinajstić information content (AvgIpc) is 2.74. The van der Waals surface area contributed by atoms with Gasteiger partial charge in [-0.3, -0.25) is 9.59 Å². The number of ether oxygens (including phenoxy) is 1. The number of carbonyl (C=O) groups excluding carboxylic acids is 2. The number of aliphatic hydroxyl groups is 1. The molecule has 2 amide bonds. The number of carbonyl (C=O) groups is 2. The van der Waals surface area contributed by atoms with Crippen LogP contribution in [0.5, 0.6) is 5.75 Å². The number of anilines is 1. The Hall–Kier alpha value is -3.12. The minimum absolute atomic E-state index is 0.175. The van der Waals surface area contributed by atoms with Crippen molar-refractivity contribution in [1.29, 1.82) is 0 Å². The third-order valence-electron chi connectivity index (χ3n) is 4.87. The first-order chi connectivity index (χ1) is 13.6. The van der Waals surface area contributed by atoms with E-state index in [4.69, 9.17) is 4.74 Å². The van der Waals surface area contributed by atoms with Crippen LogP contribution < -0.4 is 15.0 Å². The van der Waals surface area contributed by atoms with E-state index in [1.54, 1.807) is 30.2 Å². The molecule has 0 radical (unpaired) electrons. The molecule has 1 saturated heterocycles. The van der Waals surface area contributed by atoms with Crippen molar-refractivity contribution in [2.75, 3.05) is 12.0 Å². The number of aliphatic hydroxyl groups excluding tert-OH is 1. The predicted octanol–water partition coefficient (Wildman–Crippen LogP) is 2.73. The quantitative estimate of drug-likeness (QED) is 0.545. The zero-order valence-corrected chi connectivity index (χ0v) is 15.8. The smallest absolute Gasteiger partial charge is 0.252 e. The highest BCUT2D eigenvalue weighted by atomic mass is 16.5. The van der Waals surface area contributed by atoms with Crippen LogP contribution in [-0.4, -0.2) is 30.1 Å². The number of hydrogen-bond acceptors (Lipinski definition) is 4. The lowest BCUT2D eigenvalue weighted by molar-refractivity contribution is -0.133. The summed E-state index contributed by atoms with van der Waals surface area (Å²) in [5.74, 6) is 0.323. The van der Waals surface area contributed by atoms with Gasteiger partial charge in [-0.15, -0.1) is 6.58 Å². The van der Waals surface area contributed by atoms with Crippen molar-refractivity contribution in [2.45, 2.75) is 31.5 Å². The molecule has 1 aliphatic rings. The minimum Gasteiger partial charge on any atom is -0.497 e. The summed E-state index contributed by atoms with van der Waals surface area (Å²) in [6, 6.07) is 13.6. The second-order valence-corrected chi connectivity index (χ2v) is 6.59. The lowest BCUT2D eigenvalue weighted by Crippen LogP contribution is -2.66. The summed E-state index contributed by atoms with van der Waals surface area (Å²) in [6.07, 6.45) is 2.51. The number of nitrogens with zero attached hydrogens (tertiary/aromatic N) is 1. The summed E-state index contributed by atoms with van der Waals surface area (Å²) in [7, 11) is 1.59. The van der Waals surface area contributed by atoms with Crippen LogP contribution in [0.25, 0.3) is 0 Å². The predicted molar refractivity (Wildman–Crippen MR) is 107 cm³/mol. The third-order valence-corrected chi connectivity index (χ3v) is 4.87. The Bertz CT molecular complexity index is 863. The van der Waals surface area contributed by atoms with E-state index in [1.807, 2.05) is 36.4 Å². The van der Waals surface area contributed by atoms with Crippen LogP contribution in [-0.2, 0) is 16.2 Å². The number of β-lactam (4-membered cyclic amide) rings is 1. The normalized spacial score (nSPS) is 18.4. The molecule has 2 atom stereocenters. The van der Waals surface area contributed by atoms with Crippen LogP contribution in [0, 0.1) is 0 Å². The van der Waals surface area contributed by atoms with Crippen molar-refractivity contribution >= 4 is 17.5 Å². The molecule has 0 saturated carbocycles. The number of amides is 2. The molecule has 28 heavy (non-hydrogen) atoms. The summed E-state index contributed by atoms with van der Waals surface area (Å²) in [5, 5.41) is 12.5. The number of methoxy groups -OCH3 is 1. The lowest BCUT2D eigenvalue weighted by atomic mass is 9.86. The Morgan fingerprint density at radius 1 is 1.25 bits per heavy atom. The molecule has 2 N–H and O–H groups in total. The van der Waals surface area contributed by atoms with Crippen LogP contribution in [0.3, 0.4) is 0 Å². The van der Waals surface area contributed by atoms with Gasteiger partial charge in [-0.1, -0.05) is 36.4 Å². The summed E-state index contributed by atoms with van der Waals surface area (Å²) in [4.78, 5) is 26.8. The summed E-state index contributed by atoms with van der Waals surface area (Å²) < 4.78 is 5.21. The van der Waals surface area contributed by atoms with Crippen molar-refractivity contribution in [3.05, 3.63) is 72.3 Å². The maximum Gasteiger partial charge on any atom is 0.252 e. The Morgan fingerprint density at radius 2 is 1.96 bits per heavy atom. The molecule has 1 heterocycles. The highest BCUT2D eigenvalue weighted by Gasteiger charge is 2.50. The van der Waals surface area contributed by atoms with Gasteiger partial charge < -0.3 is 20.1 Å². The van der Waals surface area contributed by atoms with E-state index in [2.05, 4.69) is 11.9 Å². The number of allylic oxidation sites excluding steroid dienone is 1. The maximum absolute atomic E-state index is 12.9. The van der Waals surface area contributed by atoms with E-state index in [0.29, 0.717) is 23.4 Å². The fourth-order valence-electron chi connectivity index (χ4n) is 3.40. The van der Waals surface area contributed by atoms with Gasteiger partial charge in [0.15, 0.2) is 0 Å². The van der Waals surface area contributed by atoms with Gasteiger partial charge in [0.1, 0.15) is 11.8 Å². The molecule has 3 rings (SSSR count). The van der Waals surface area contributed by atoms with Crippen molar-refractivity contribution in [2.24, 2.45) is 0 Å². The third kappa shape index (κ3) is 3.77. The van der Waals surface area contributed by atoms with Gasteiger partial charge in [-0.05, 0) is 30.2 Å². The number of nitrogens with one attached hydrogen (secondary N) is 1. The van der Waals surface area contributed by atoms with Gasteiger partial charge in [0.2, 0.25) is 5.91 Å². The van der Waals surface area contributed by atoms with Crippen molar-refractivity contribution in [3.63, 3.8) is 0 Å². The fourth-order valence-corrected chi connectivity index (χ4v) is 3.40. The zero-order valence-electron chi connectivity index (χ0n) is 15.8. The molecular weight excluding hydrogens is 356 g/mol. The molecule has 2 aromatic carbocycles. The molecule has 2 aromatic rings. The Labute approximate surface area is 164 Å². The molecule has 146 valence electrons. The van der Waals surface area contributed by atoms with Crippen molar-refractivity contribution in [1.82, 2.24) is 5.32 Å². The van der Waals surface area contributed by atoms with Crippen molar-refractivity contribution < 1.29 is 19.4 Å². The molecule has 6 nitrogen and oxygen atoms in total. The van der Waals surface area contributed by atoms with Crippen LogP contribution in [0.4, 0.5) is 5.69 Å². The van der Waals surface area contributed by atoms with E-state index < -0.39 is 6.04 Å². The molecule has 0 unspecified atom stereocenters. The first-order valence-corrected chi connectivity index (χ1v) is 9.16. The largest absolute Gasteiger partial charge is 0.497 e. The molecule has 1 fully saturated rings. The highest BCUT2D eigenvalue weighted by Crippen LogP contribution is 2.41. The summed E-state index contributed by atoms with van der Waals surface area (Å²) in [6.45, 7) is 3.44. The number of hydrogen-bond donors (Lipinski definition) is 2. The second kappa shape index (κ2) is 8.71. The van der Waals surface area contributed by atoms with E-state index in [1.165, 1.54) is 0 Å². The Morgan fingerprint density at radius 3 is 2.61 bits per heavy atom. The molecule has 0 aromatic heterocycles. The molecule has 6 heteroatoms. The van der Waals surface area contributed by atoms with Gasteiger partial charge in [-0.25, -0.2) is 0 Å². The highest BCUT2D eigenvalue weighted by molar-refractivity contribution is 6.08. The van der Waals surface area contributed by atoms with Gasteiger partial charge in [0.25, 0.3) is 5.91 Å². The van der Waals surface area contributed by atoms with E-state index in [9.17, 15) is 14.7 Å². The topological polar surface area (TPSA) is 78.9 Å². The van der Waals surface area contributed by atoms with Gasteiger partial charge in [0, 0.05) is 12.0 Å².